The van der Waals surface area contributed by atoms with Gasteiger partial charge in [-0.05, 0) is 31.0 Å². The van der Waals surface area contributed by atoms with Gasteiger partial charge in [-0.15, -0.1) is 0 Å². The van der Waals surface area contributed by atoms with Crippen LogP contribution in [0, 0.1) is 25.2 Å². The molecule has 0 atom stereocenters. The van der Waals surface area contributed by atoms with Crippen LogP contribution in [0.3, 0.4) is 0 Å². The fourth-order valence-corrected chi connectivity index (χ4v) is 4.47. The van der Waals surface area contributed by atoms with E-state index < -0.39 is 10.0 Å². The number of sulfonamides is 1. The highest BCUT2D eigenvalue weighted by molar-refractivity contribution is 7.89. The average Bonchev–Trinajstić information content (AvgIpc) is 2.57. The van der Waals surface area contributed by atoms with Crippen LogP contribution >= 0.6 is 0 Å². The molecule has 1 aromatic rings. The summed E-state index contributed by atoms with van der Waals surface area (Å²) in [6, 6.07) is 7.48. The molecule has 1 fully saturated rings. The second kappa shape index (κ2) is 8.58. The van der Waals surface area contributed by atoms with Crippen LogP contribution in [0.2, 0.25) is 0 Å². The van der Waals surface area contributed by atoms with E-state index >= 15 is 0 Å². The van der Waals surface area contributed by atoms with E-state index in [9.17, 15) is 8.42 Å². The number of rotatable bonds is 7. The van der Waals surface area contributed by atoms with Crippen molar-refractivity contribution in [2.45, 2.75) is 25.2 Å². The number of hydrogen-bond acceptors (Lipinski definition) is 5. The lowest BCUT2D eigenvalue weighted by molar-refractivity contribution is 0.0363. The summed E-state index contributed by atoms with van der Waals surface area (Å²) in [7, 11) is -3.60. The first kappa shape index (κ1) is 18.9. The predicted octanol–water partition coefficient (Wildman–Crippen LogP) is 1.54. The van der Waals surface area contributed by atoms with Crippen molar-refractivity contribution in [3.63, 3.8) is 0 Å². The number of aryl methyl sites for hydroxylation is 2. The maximum absolute atomic E-state index is 13.1. The summed E-state index contributed by atoms with van der Waals surface area (Å²) in [6.07, 6.45) is 0.188. The van der Waals surface area contributed by atoms with Crippen molar-refractivity contribution < 1.29 is 13.2 Å². The number of benzene rings is 1. The Morgan fingerprint density at radius 1 is 1.25 bits per heavy atom. The van der Waals surface area contributed by atoms with Crippen LogP contribution in [0.1, 0.15) is 17.5 Å². The smallest absolute Gasteiger partial charge is 0.243 e. The van der Waals surface area contributed by atoms with E-state index in [2.05, 4.69) is 4.90 Å². The normalized spacial score (nSPS) is 16.2. The third kappa shape index (κ3) is 4.77. The molecule has 0 spiro atoms. The Balaban J connectivity index is 2.18. The van der Waals surface area contributed by atoms with Crippen LogP contribution < -0.4 is 0 Å². The molecule has 1 aliphatic rings. The van der Waals surface area contributed by atoms with Crippen LogP contribution in [0.4, 0.5) is 0 Å². The van der Waals surface area contributed by atoms with Gasteiger partial charge >= 0.3 is 0 Å². The molecule has 0 bridgehead atoms. The second-order valence-corrected chi connectivity index (χ2v) is 7.94. The molecule has 7 heteroatoms. The summed E-state index contributed by atoms with van der Waals surface area (Å²) in [4.78, 5) is 2.53. The van der Waals surface area contributed by atoms with Crippen molar-refractivity contribution in [2.24, 2.45) is 0 Å². The molecule has 6 nitrogen and oxygen atoms in total. The highest BCUT2D eigenvalue weighted by atomic mass is 32.2. The van der Waals surface area contributed by atoms with Gasteiger partial charge in [0.2, 0.25) is 10.0 Å². The SMILES string of the molecule is Cc1ccc(C)c(S(=O)(=O)N(CCC#N)CCN2CCOCC2)c1. The number of nitriles is 1. The highest BCUT2D eigenvalue weighted by Gasteiger charge is 2.26. The molecule has 132 valence electrons. The van der Waals surface area contributed by atoms with Crippen LogP contribution in [-0.4, -0.2) is 63.6 Å². The standard InChI is InChI=1S/C17H25N3O3S/c1-15-4-5-16(2)17(14-15)24(21,22)20(7-3-6-18)9-8-19-10-12-23-13-11-19/h4-5,14H,3,7-13H2,1-2H3. The monoisotopic (exact) mass is 351 g/mol. The lowest BCUT2D eigenvalue weighted by Crippen LogP contribution is -2.43. The lowest BCUT2D eigenvalue weighted by Gasteiger charge is -2.29. The minimum atomic E-state index is -3.60. The Morgan fingerprint density at radius 3 is 2.62 bits per heavy atom. The summed E-state index contributed by atoms with van der Waals surface area (Å²) in [5.41, 5.74) is 1.64. The van der Waals surface area contributed by atoms with Gasteiger partial charge in [0.05, 0.1) is 24.2 Å². The van der Waals surface area contributed by atoms with Crippen molar-refractivity contribution in [1.29, 1.82) is 5.26 Å². The first-order valence-corrected chi connectivity index (χ1v) is 9.63. The molecular weight excluding hydrogens is 326 g/mol. The number of nitrogens with zero attached hydrogens (tertiary/aromatic N) is 3. The Labute approximate surface area is 144 Å². The molecule has 0 aromatic heterocycles. The number of hydrogen-bond donors (Lipinski definition) is 0. The Bertz CT molecular complexity index is 692. The van der Waals surface area contributed by atoms with Crippen LogP contribution in [-0.2, 0) is 14.8 Å². The van der Waals surface area contributed by atoms with E-state index in [0.717, 1.165) is 24.2 Å². The van der Waals surface area contributed by atoms with Crippen molar-refractivity contribution in [2.75, 3.05) is 45.9 Å². The van der Waals surface area contributed by atoms with Gasteiger partial charge in [0.15, 0.2) is 0 Å². The van der Waals surface area contributed by atoms with Crippen LogP contribution in [0.5, 0.6) is 0 Å². The van der Waals surface area contributed by atoms with E-state index in [1.807, 2.05) is 25.1 Å². The lowest BCUT2D eigenvalue weighted by atomic mass is 10.2. The molecule has 1 aliphatic heterocycles. The summed E-state index contributed by atoms with van der Waals surface area (Å²) in [6.45, 7) is 7.94. The number of morpholine rings is 1. The van der Waals surface area contributed by atoms with E-state index in [0.29, 0.717) is 31.2 Å². The van der Waals surface area contributed by atoms with Gasteiger partial charge in [0.25, 0.3) is 0 Å². The van der Waals surface area contributed by atoms with Gasteiger partial charge in [-0.2, -0.15) is 9.57 Å². The molecule has 0 saturated carbocycles. The summed E-state index contributed by atoms with van der Waals surface area (Å²) in [5.74, 6) is 0. The zero-order chi connectivity index (χ0) is 17.6. The Hall–Kier alpha value is -1.46. The van der Waals surface area contributed by atoms with Gasteiger partial charge in [-0.3, -0.25) is 4.90 Å². The van der Waals surface area contributed by atoms with Gasteiger partial charge in [-0.1, -0.05) is 12.1 Å². The first-order valence-electron chi connectivity index (χ1n) is 8.19. The number of ether oxygens (including phenoxy) is 1. The second-order valence-electron chi connectivity index (χ2n) is 6.04. The summed E-state index contributed by atoms with van der Waals surface area (Å²) in [5, 5.41) is 8.87. The Morgan fingerprint density at radius 2 is 1.96 bits per heavy atom. The molecule has 1 heterocycles. The molecule has 24 heavy (non-hydrogen) atoms. The van der Waals surface area contributed by atoms with E-state index in [-0.39, 0.29) is 13.0 Å². The van der Waals surface area contributed by atoms with Crippen molar-refractivity contribution in [3.05, 3.63) is 29.3 Å². The maximum atomic E-state index is 13.1. The molecule has 0 amide bonds. The molecule has 0 unspecified atom stereocenters. The Kier molecular flexibility index (Phi) is 6.75. The van der Waals surface area contributed by atoms with E-state index in [1.165, 1.54) is 4.31 Å². The summed E-state index contributed by atoms with van der Waals surface area (Å²) < 4.78 is 32.9. The predicted molar refractivity (Wildman–Crippen MR) is 92.2 cm³/mol. The average molecular weight is 351 g/mol. The van der Waals surface area contributed by atoms with Crippen LogP contribution in [0.15, 0.2) is 23.1 Å². The third-order valence-corrected chi connectivity index (χ3v) is 6.24. The van der Waals surface area contributed by atoms with Crippen molar-refractivity contribution >= 4 is 10.0 Å². The molecule has 0 aliphatic carbocycles. The molecule has 0 N–H and O–H groups in total. The van der Waals surface area contributed by atoms with Gasteiger partial charge in [-0.25, -0.2) is 8.42 Å². The van der Waals surface area contributed by atoms with Gasteiger partial charge < -0.3 is 4.74 Å². The fraction of sp³-hybridized carbons (Fsp3) is 0.588. The van der Waals surface area contributed by atoms with Crippen molar-refractivity contribution in [3.8, 4) is 6.07 Å². The molecule has 2 rings (SSSR count). The van der Waals surface area contributed by atoms with Crippen molar-refractivity contribution in [1.82, 2.24) is 9.21 Å². The van der Waals surface area contributed by atoms with E-state index in [1.54, 1.807) is 13.0 Å². The minimum absolute atomic E-state index is 0.188. The zero-order valence-corrected chi connectivity index (χ0v) is 15.2. The fourth-order valence-electron chi connectivity index (χ4n) is 2.73. The topological polar surface area (TPSA) is 73.6 Å². The third-order valence-electron chi connectivity index (χ3n) is 4.20. The molecule has 1 saturated heterocycles. The zero-order valence-electron chi connectivity index (χ0n) is 14.4. The quantitative estimate of drug-likeness (QED) is 0.745. The van der Waals surface area contributed by atoms with Crippen LogP contribution in [0.25, 0.3) is 0 Å². The highest BCUT2D eigenvalue weighted by Crippen LogP contribution is 2.21. The van der Waals surface area contributed by atoms with Gasteiger partial charge in [0, 0.05) is 39.1 Å². The van der Waals surface area contributed by atoms with Gasteiger partial charge in [0.1, 0.15) is 0 Å². The largest absolute Gasteiger partial charge is 0.379 e. The maximum Gasteiger partial charge on any atom is 0.243 e. The summed E-state index contributed by atoms with van der Waals surface area (Å²) >= 11 is 0. The molecule has 1 aromatic carbocycles. The molecule has 0 radical (unpaired) electrons. The first-order chi connectivity index (χ1) is 11.4. The molecular formula is C17H25N3O3S. The minimum Gasteiger partial charge on any atom is -0.379 e. The van der Waals surface area contributed by atoms with E-state index in [4.69, 9.17) is 10.00 Å².